The lowest BCUT2D eigenvalue weighted by Gasteiger charge is -2.27. The average Bonchev–Trinajstić information content (AvgIpc) is 2.98. The molecule has 152 valence electrons. The van der Waals surface area contributed by atoms with Crippen molar-refractivity contribution in [1.29, 1.82) is 0 Å². The minimum Gasteiger partial charge on any atom is -0.494 e. The number of hydrogen-bond acceptors (Lipinski definition) is 4. The standard InChI is InChI=1S/C23H26N2O4/c1-3-5-15-23(18-9-7-6-8-10-18)21(27)25(22(28)24-23)16-20(26)17-11-13-19(14-12-17)29-4-2/h6-14H,3-5,15-16H2,1-2H3,(H,24,28). The maximum atomic E-state index is 13.3. The topological polar surface area (TPSA) is 75.7 Å². The zero-order valence-electron chi connectivity index (χ0n) is 16.8. The predicted octanol–water partition coefficient (Wildman–Crippen LogP) is 3.91. The highest BCUT2D eigenvalue weighted by molar-refractivity contribution is 6.11. The van der Waals surface area contributed by atoms with E-state index in [1.54, 1.807) is 24.3 Å². The quantitative estimate of drug-likeness (QED) is 0.517. The Labute approximate surface area is 170 Å². The van der Waals surface area contributed by atoms with Crippen LogP contribution in [0.15, 0.2) is 54.6 Å². The van der Waals surface area contributed by atoms with Gasteiger partial charge in [-0.3, -0.25) is 14.5 Å². The summed E-state index contributed by atoms with van der Waals surface area (Å²) in [6, 6.07) is 15.4. The van der Waals surface area contributed by atoms with Crippen molar-refractivity contribution < 1.29 is 19.1 Å². The third-order valence-corrected chi connectivity index (χ3v) is 5.14. The molecule has 29 heavy (non-hydrogen) atoms. The van der Waals surface area contributed by atoms with Crippen LogP contribution in [-0.4, -0.2) is 35.8 Å². The van der Waals surface area contributed by atoms with E-state index < -0.39 is 11.6 Å². The zero-order chi connectivity index (χ0) is 20.9. The van der Waals surface area contributed by atoms with Gasteiger partial charge in [0, 0.05) is 5.56 Å². The Kier molecular flexibility index (Phi) is 6.32. The summed E-state index contributed by atoms with van der Waals surface area (Å²) >= 11 is 0. The highest BCUT2D eigenvalue weighted by Gasteiger charge is 2.52. The number of carbonyl (C=O) groups is 3. The number of nitrogens with zero attached hydrogens (tertiary/aromatic N) is 1. The van der Waals surface area contributed by atoms with E-state index in [0.29, 0.717) is 24.3 Å². The molecule has 1 saturated heterocycles. The monoisotopic (exact) mass is 394 g/mol. The molecular formula is C23H26N2O4. The minimum atomic E-state index is -1.12. The number of urea groups is 1. The van der Waals surface area contributed by atoms with Crippen molar-refractivity contribution >= 4 is 17.7 Å². The first-order valence-electron chi connectivity index (χ1n) is 9.97. The fourth-order valence-electron chi connectivity index (χ4n) is 3.58. The zero-order valence-corrected chi connectivity index (χ0v) is 16.8. The van der Waals surface area contributed by atoms with Gasteiger partial charge >= 0.3 is 6.03 Å². The van der Waals surface area contributed by atoms with E-state index in [4.69, 9.17) is 4.74 Å². The van der Waals surface area contributed by atoms with Gasteiger partial charge in [-0.1, -0.05) is 50.1 Å². The summed E-state index contributed by atoms with van der Waals surface area (Å²) in [6.07, 6.45) is 2.16. The average molecular weight is 394 g/mol. The van der Waals surface area contributed by atoms with Crippen LogP contribution in [0, 0.1) is 0 Å². The van der Waals surface area contributed by atoms with E-state index in [1.807, 2.05) is 44.2 Å². The normalized spacial score (nSPS) is 18.6. The van der Waals surface area contributed by atoms with Gasteiger partial charge in [-0.05, 0) is 43.2 Å². The van der Waals surface area contributed by atoms with Gasteiger partial charge in [0.1, 0.15) is 11.3 Å². The van der Waals surface area contributed by atoms with Crippen LogP contribution in [0.2, 0.25) is 0 Å². The smallest absolute Gasteiger partial charge is 0.325 e. The summed E-state index contributed by atoms with van der Waals surface area (Å²) in [5, 5.41) is 2.87. The number of imide groups is 1. The fraction of sp³-hybridized carbons (Fsp3) is 0.348. The molecule has 6 heteroatoms. The lowest BCUT2D eigenvalue weighted by atomic mass is 9.85. The molecule has 0 aliphatic carbocycles. The summed E-state index contributed by atoms with van der Waals surface area (Å²) in [7, 11) is 0. The molecule has 2 aromatic carbocycles. The summed E-state index contributed by atoms with van der Waals surface area (Å²) < 4.78 is 5.38. The van der Waals surface area contributed by atoms with Gasteiger partial charge in [0.05, 0.1) is 13.2 Å². The van der Waals surface area contributed by atoms with Crippen LogP contribution >= 0.6 is 0 Å². The largest absolute Gasteiger partial charge is 0.494 e. The Morgan fingerprint density at radius 2 is 1.72 bits per heavy atom. The molecule has 3 amide bonds. The first-order chi connectivity index (χ1) is 14.0. The van der Waals surface area contributed by atoms with Crippen molar-refractivity contribution in [2.24, 2.45) is 0 Å². The number of nitrogens with one attached hydrogen (secondary N) is 1. The highest BCUT2D eigenvalue weighted by Crippen LogP contribution is 2.34. The second-order valence-electron chi connectivity index (χ2n) is 7.08. The summed E-state index contributed by atoms with van der Waals surface area (Å²) in [6.45, 7) is 4.16. The van der Waals surface area contributed by atoms with Gasteiger partial charge in [-0.25, -0.2) is 4.79 Å². The van der Waals surface area contributed by atoms with Gasteiger partial charge in [0.2, 0.25) is 0 Å². The second kappa shape index (κ2) is 8.90. The number of Topliss-reactive ketones (excluding diaryl/α,β-unsaturated/α-hetero) is 1. The van der Waals surface area contributed by atoms with Crippen molar-refractivity contribution in [1.82, 2.24) is 10.2 Å². The Hall–Kier alpha value is -3.15. The Morgan fingerprint density at radius 1 is 1.03 bits per heavy atom. The first kappa shape index (κ1) is 20.6. The number of unbranched alkanes of at least 4 members (excludes halogenated alkanes) is 1. The Bertz CT molecular complexity index is 880. The molecule has 0 spiro atoms. The number of carbonyl (C=O) groups excluding carboxylic acids is 3. The van der Waals surface area contributed by atoms with E-state index >= 15 is 0 Å². The number of hydrogen-bond donors (Lipinski definition) is 1. The molecule has 1 heterocycles. The number of benzene rings is 2. The highest BCUT2D eigenvalue weighted by atomic mass is 16.5. The van der Waals surface area contributed by atoms with Crippen molar-refractivity contribution in [3.8, 4) is 5.75 Å². The third kappa shape index (κ3) is 4.16. The first-order valence-corrected chi connectivity index (χ1v) is 9.97. The van der Waals surface area contributed by atoms with Gasteiger partial charge in [-0.2, -0.15) is 0 Å². The van der Waals surface area contributed by atoms with Gasteiger partial charge in [-0.15, -0.1) is 0 Å². The molecule has 1 unspecified atom stereocenters. The van der Waals surface area contributed by atoms with E-state index in [0.717, 1.165) is 23.3 Å². The number of rotatable bonds is 9. The van der Waals surface area contributed by atoms with E-state index in [-0.39, 0.29) is 18.2 Å². The van der Waals surface area contributed by atoms with Crippen LogP contribution in [0.1, 0.15) is 49.0 Å². The fourth-order valence-corrected chi connectivity index (χ4v) is 3.58. The maximum absolute atomic E-state index is 13.3. The molecule has 0 radical (unpaired) electrons. The summed E-state index contributed by atoms with van der Waals surface area (Å²) in [4.78, 5) is 39.7. The maximum Gasteiger partial charge on any atom is 0.325 e. The van der Waals surface area contributed by atoms with Crippen LogP contribution in [0.5, 0.6) is 5.75 Å². The van der Waals surface area contributed by atoms with Crippen LogP contribution in [0.3, 0.4) is 0 Å². The molecule has 1 aliphatic heterocycles. The molecule has 6 nitrogen and oxygen atoms in total. The van der Waals surface area contributed by atoms with E-state index in [1.165, 1.54) is 0 Å². The van der Waals surface area contributed by atoms with Crippen molar-refractivity contribution in [2.45, 2.75) is 38.6 Å². The molecular weight excluding hydrogens is 368 g/mol. The van der Waals surface area contributed by atoms with E-state index in [9.17, 15) is 14.4 Å². The Balaban J connectivity index is 1.82. The SMILES string of the molecule is CCCCC1(c2ccccc2)NC(=O)N(CC(=O)c2ccc(OCC)cc2)C1=O. The lowest BCUT2D eigenvalue weighted by Crippen LogP contribution is -2.44. The molecule has 2 aromatic rings. The van der Waals surface area contributed by atoms with Gasteiger partial charge < -0.3 is 10.1 Å². The van der Waals surface area contributed by atoms with Gasteiger partial charge in [0.25, 0.3) is 5.91 Å². The predicted molar refractivity (Wildman–Crippen MR) is 110 cm³/mol. The number of ketones is 1. The third-order valence-electron chi connectivity index (χ3n) is 5.14. The Morgan fingerprint density at radius 3 is 2.34 bits per heavy atom. The molecule has 0 saturated carbocycles. The minimum absolute atomic E-state index is 0.292. The van der Waals surface area contributed by atoms with Crippen molar-refractivity contribution in [3.05, 3.63) is 65.7 Å². The van der Waals surface area contributed by atoms with E-state index in [2.05, 4.69) is 5.32 Å². The summed E-state index contributed by atoms with van der Waals surface area (Å²) in [5.41, 5.74) is 0.0515. The lowest BCUT2D eigenvalue weighted by molar-refractivity contribution is -0.131. The molecule has 1 aliphatic rings. The van der Waals surface area contributed by atoms with Crippen LogP contribution < -0.4 is 10.1 Å². The van der Waals surface area contributed by atoms with Crippen molar-refractivity contribution in [3.63, 3.8) is 0 Å². The molecule has 3 rings (SSSR count). The molecule has 1 fully saturated rings. The van der Waals surface area contributed by atoms with Crippen LogP contribution in [0.25, 0.3) is 0 Å². The second-order valence-corrected chi connectivity index (χ2v) is 7.08. The van der Waals surface area contributed by atoms with Gasteiger partial charge in [0.15, 0.2) is 5.78 Å². The number of ether oxygens (including phenoxy) is 1. The van der Waals surface area contributed by atoms with Crippen LogP contribution in [-0.2, 0) is 10.3 Å². The number of amides is 3. The molecule has 0 aromatic heterocycles. The molecule has 1 atom stereocenters. The summed E-state index contributed by atoms with van der Waals surface area (Å²) in [5.74, 6) is -0.000889. The molecule has 1 N–H and O–H groups in total. The van der Waals surface area contributed by atoms with Crippen molar-refractivity contribution in [2.75, 3.05) is 13.2 Å². The van der Waals surface area contributed by atoms with Crippen LogP contribution in [0.4, 0.5) is 4.79 Å². The molecule has 0 bridgehead atoms.